The molecule has 0 atom stereocenters. The highest BCUT2D eigenvalue weighted by atomic mass is 19.1. The quantitative estimate of drug-likeness (QED) is 0.444. The Morgan fingerprint density at radius 3 is 2.71 bits per heavy atom. The zero-order valence-corrected chi connectivity index (χ0v) is 19.2. The fraction of sp³-hybridized carbons (Fsp3) is 0.333. The van der Waals surface area contributed by atoms with Gasteiger partial charge in [0.1, 0.15) is 28.7 Å². The van der Waals surface area contributed by atoms with Crippen molar-refractivity contribution in [3.05, 3.63) is 59.3 Å². The number of pyridine rings is 1. The first-order valence-corrected chi connectivity index (χ1v) is 10.9. The average molecular weight is 468 g/mol. The van der Waals surface area contributed by atoms with E-state index in [1.54, 1.807) is 13.1 Å². The molecule has 0 aliphatic carbocycles. The van der Waals surface area contributed by atoms with E-state index >= 15 is 0 Å². The number of likely N-dealkylation sites (tertiary alicyclic amines) is 1. The SMILES string of the molecule is CN/C=C\C(=N)NC(=O)c1cc(Oc2cnc(C(=O)N3CCC3)c(F)c2)c2c(c1)OC(C)(C)C2. The van der Waals surface area contributed by atoms with Crippen LogP contribution in [0.25, 0.3) is 0 Å². The summed E-state index contributed by atoms with van der Waals surface area (Å²) >= 11 is 0. The molecule has 178 valence electrons. The summed E-state index contributed by atoms with van der Waals surface area (Å²) in [6.07, 6.45) is 5.62. The second kappa shape index (κ2) is 9.12. The van der Waals surface area contributed by atoms with Crippen molar-refractivity contribution in [2.45, 2.75) is 32.3 Å². The van der Waals surface area contributed by atoms with Crippen LogP contribution in [0.15, 0.2) is 36.7 Å². The van der Waals surface area contributed by atoms with Gasteiger partial charge in [-0.05, 0) is 44.7 Å². The molecule has 3 N–H and O–H groups in total. The van der Waals surface area contributed by atoms with Gasteiger partial charge in [0, 0.05) is 43.8 Å². The third-order valence-corrected chi connectivity index (χ3v) is 5.47. The lowest BCUT2D eigenvalue weighted by molar-refractivity contribution is 0.0640. The number of nitrogens with one attached hydrogen (secondary N) is 3. The van der Waals surface area contributed by atoms with Crippen LogP contribution in [0.1, 0.15) is 46.7 Å². The second-order valence-corrected chi connectivity index (χ2v) is 8.73. The van der Waals surface area contributed by atoms with E-state index < -0.39 is 23.2 Å². The number of nitrogens with zero attached hydrogens (tertiary/aromatic N) is 2. The monoisotopic (exact) mass is 467 g/mol. The summed E-state index contributed by atoms with van der Waals surface area (Å²) in [5.74, 6) is -0.965. The van der Waals surface area contributed by atoms with Gasteiger partial charge in [-0.3, -0.25) is 15.0 Å². The molecule has 34 heavy (non-hydrogen) atoms. The molecule has 10 heteroatoms. The molecule has 0 unspecified atom stereocenters. The van der Waals surface area contributed by atoms with Crippen molar-refractivity contribution in [3.63, 3.8) is 0 Å². The van der Waals surface area contributed by atoms with Crippen LogP contribution < -0.4 is 20.1 Å². The molecule has 3 heterocycles. The molecule has 0 spiro atoms. The summed E-state index contributed by atoms with van der Waals surface area (Å²) in [7, 11) is 1.68. The lowest BCUT2D eigenvalue weighted by Gasteiger charge is -2.30. The molecule has 2 amide bonds. The number of carbonyl (C=O) groups excluding carboxylic acids is 2. The number of benzene rings is 1. The topological polar surface area (TPSA) is 117 Å². The van der Waals surface area contributed by atoms with Crippen LogP contribution in [-0.2, 0) is 6.42 Å². The highest BCUT2D eigenvalue weighted by molar-refractivity contribution is 6.09. The van der Waals surface area contributed by atoms with Gasteiger partial charge in [-0.15, -0.1) is 0 Å². The van der Waals surface area contributed by atoms with Crippen LogP contribution in [0, 0.1) is 11.2 Å². The highest BCUT2D eigenvalue weighted by Crippen LogP contribution is 2.43. The number of hydrogen-bond donors (Lipinski definition) is 3. The predicted octanol–water partition coefficient (Wildman–Crippen LogP) is 3.01. The van der Waals surface area contributed by atoms with Gasteiger partial charge in [0.2, 0.25) is 0 Å². The Kier molecular flexibility index (Phi) is 6.23. The summed E-state index contributed by atoms with van der Waals surface area (Å²) in [4.78, 5) is 30.5. The fourth-order valence-electron chi connectivity index (χ4n) is 3.70. The first-order chi connectivity index (χ1) is 16.2. The van der Waals surface area contributed by atoms with Crippen molar-refractivity contribution in [3.8, 4) is 17.2 Å². The van der Waals surface area contributed by atoms with Crippen molar-refractivity contribution in [1.29, 1.82) is 5.41 Å². The molecule has 1 fully saturated rings. The molecule has 1 saturated heterocycles. The number of aromatic nitrogens is 1. The molecule has 2 aromatic rings. The number of halogens is 1. The van der Waals surface area contributed by atoms with E-state index in [0.29, 0.717) is 31.0 Å². The number of fused-ring (bicyclic) bond motifs is 1. The summed E-state index contributed by atoms with van der Waals surface area (Å²) in [6.45, 7) is 5.01. The van der Waals surface area contributed by atoms with Gasteiger partial charge >= 0.3 is 0 Å². The maximum atomic E-state index is 14.7. The summed E-state index contributed by atoms with van der Waals surface area (Å²) in [6, 6.07) is 4.22. The van der Waals surface area contributed by atoms with E-state index in [9.17, 15) is 14.0 Å². The van der Waals surface area contributed by atoms with Gasteiger partial charge in [0.25, 0.3) is 11.8 Å². The largest absolute Gasteiger partial charge is 0.487 e. The van der Waals surface area contributed by atoms with Crippen molar-refractivity contribution in [2.24, 2.45) is 0 Å². The zero-order valence-electron chi connectivity index (χ0n) is 19.2. The highest BCUT2D eigenvalue weighted by Gasteiger charge is 2.34. The lowest BCUT2D eigenvalue weighted by Crippen LogP contribution is -2.42. The maximum Gasteiger partial charge on any atom is 0.275 e. The summed E-state index contributed by atoms with van der Waals surface area (Å²) < 4.78 is 26.6. The van der Waals surface area contributed by atoms with E-state index in [1.807, 2.05) is 13.8 Å². The Morgan fingerprint density at radius 2 is 2.06 bits per heavy atom. The minimum absolute atomic E-state index is 0.0896. The number of amidine groups is 1. The number of rotatable bonds is 6. The van der Waals surface area contributed by atoms with Gasteiger partial charge in [-0.2, -0.15) is 0 Å². The van der Waals surface area contributed by atoms with Gasteiger partial charge in [-0.25, -0.2) is 9.37 Å². The molecule has 1 aromatic heterocycles. The minimum atomic E-state index is -0.777. The Labute approximate surface area is 196 Å². The third-order valence-electron chi connectivity index (χ3n) is 5.47. The van der Waals surface area contributed by atoms with Crippen LogP contribution in [-0.4, -0.2) is 53.3 Å². The van der Waals surface area contributed by atoms with Gasteiger partial charge < -0.3 is 25.0 Å². The van der Waals surface area contributed by atoms with Crippen LogP contribution >= 0.6 is 0 Å². The fourth-order valence-corrected chi connectivity index (χ4v) is 3.70. The van der Waals surface area contributed by atoms with Crippen LogP contribution in [0.4, 0.5) is 4.39 Å². The van der Waals surface area contributed by atoms with Crippen molar-refractivity contribution in [2.75, 3.05) is 20.1 Å². The molecular formula is C24H26FN5O4. The standard InChI is InChI=1S/C24H26FN5O4/c1-24(2)12-16-18(9-14(10-19(16)34-24)22(31)29-20(26)5-6-27-3)33-15-11-17(25)21(28-13-15)23(32)30-7-4-8-30/h5-6,9-11,13,27H,4,7-8,12H2,1-3H3,(H2,26,29,31)/b6-5-. The molecule has 9 nitrogen and oxygen atoms in total. The molecular weight excluding hydrogens is 441 g/mol. The summed E-state index contributed by atoms with van der Waals surface area (Å²) in [5, 5.41) is 13.1. The Balaban J connectivity index is 1.61. The molecule has 0 saturated carbocycles. The Hall–Kier alpha value is -3.95. The number of hydrogen-bond acceptors (Lipinski definition) is 7. The van der Waals surface area contributed by atoms with E-state index in [1.165, 1.54) is 29.4 Å². The van der Waals surface area contributed by atoms with E-state index in [2.05, 4.69) is 15.6 Å². The molecule has 2 aliphatic heterocycles. The molecule has 0 radical (unpaired) electrons. The van der Waals surface area contributed by atoms with Crippen LogP contribution in [0.5, 0.6) is 17.2 Å². The first-order valence-electron chi connectivity index (χ1n) is 10.9. The Morgan fingerprint density at radius 1 is 1.29 bits per heavy atom. The van der Waals surface area contributed by atoms with Gasteiger partial charge in [0.15, 0.2) is 11.5 Å². The molecule has 0 bridgehead atoms. The first kappa shape index (κ1) is 23.2. The van der Waals surface area contributed by atoms with Crippen molar-refractivity contribution >= 4 is 17.6 Å². The number of carbonyl (C=O) groups is 2. The van der Waals surface area contributed by atoms with E-state index in [4.69, 9.17) is 14.9 Å². The number of amides is 2. The Bertz CT molecular complexity index is 1190. The normalized spacial score (nSPS) is 15.8. The average Bonchev–Trinajstić information content (AvgIpc) is 3.05. The molecule has 2 aliphatic rings. The molecule has 4 rings (SSSR count). The second-order valence-electron chi connectivity index (χ2n) is 8.73. The van der Waals surface area contributed by atoms with Gasteiger partial charge in [0.05, 0.1) is 6.20 Å². The van der Waals surface area contributed by atoms with E-state index in [-0.39, 0.29) is 22.8 Å². The molecule has 1 aromatic carbocycles. The zero-order chi connectivity index (χ0) is 24.5. The number of ether oxygens (including phenoxy) is 2. The van der Waals surface area contributed by atoms with Crippen LogP contribution in [0.2, 0.25) is 0 Å². The van der Waals surface area contributed by atoms with Gasteiger partial charge in [-0.1, -0.05) is 0 Å². The van der Waals surface area contributed by atoms with Crippen molar-refractivity contribution in [1.82, 2.24) is 20.5 Å². The lowest BCUT2D eigenvalue weighted by atomic mass is 9.99. The predicted molar refractivity (Wildman–Crippen MR) is 123 cm³/mol. The maximum absolute atomic E-state index is 14.7. The summed E-state index contributed by atoms with van der Waals surface area (Å²) in [5.41, 5.74) is 0.178. The third kappa shape index (κ3) is 4.85. The minimum Gasteiger partial charge on any atom is -0.487 e. The van der Waals surface area contributed by atoms with Crippen LogP contribution in [0.3, 0.4) is 0 Å². The smallest absolute Gasteiger partial charge is 0.275 e. The van der Waals surface area contributed by atoms with E-state index in [0.717, 1.165) is 18.1 Å². The van der Waals surface area contributed by atoms with Crippen molar-refractivity contribution < 1.29 is 23.5 Å².